The van der Waals surface area contributed by atoms with E-state index in [2.05, 4.69) is 10.1 Å². The van der Waals surface area contributed by atoms with Crippen LogP contribution in [0.2, 0.25) is 0 Å². The zero-order valence-corrected chi connectivity index (χ0v) is 5.71. The molecule has 0 aliphatic heterocycles. The number of hydrogen-bond acceptors (Lipinski definition) is 4. The molecule has 0 saturated heterocycles. The quantitative estimate of drug-likeness (QED) is 0.541. The maximum Gasteiger partial charge on any atom is 0.273 e. The SMILES string of the molecule is O=c1ccn2ncsc2n1. The molecule has 0 radical (unpaired) electrons. The van der Waals surface area contributed by atoms with E-state index in [1.807, 2.05) is 0 Å². The lowest BCUT2D eigenvalue weighted by molar-refractivity contribution is 0.931. The second-order valence-corrected chi connectivity index (χ2v) is 2.54. The van der Waals surface area contributed by atoms with Gasteiger partial charge < -0.3 is 0 Å². The summed E-state index contributed by atoms with van der Waals surface area (Å²) in [5.41, 5.74) is 1.42. The van der Waals surface area contributed by atoms with Crippen LogP contribution in [0.5, 0.6) is 0 Å². The first-order valence-electron chi connectivity index (χ1n) is 2.65. The van der Waals surface area contributed by atoms with E-state index >= 15 is 0 Å². The Morgan fingerprint density at radius 2 is 2.50 bits per heavy atom. The number of fused-ring (bicyclic) bond motifs is 1. The Bertz CT molecular complexity index is 404. The van der Waals surface area contributed by atoms with Gasteiger partial charge in [0.1, 0.15) is 5.51 Å². The minimum atomic E-state index is -0.218. The van der Waals surface area contributed by atoms with E-state index in [-0.39, 0.29) is 5.56 Å². The first kappa shape index (κ1) is 5.55. The van der Waals surface area contributed by atoms with Crippen molar-refractivity contribution in [3.63, 3.8) is 0 Å². The fourth-order valence-corrected chi connectivity index (χ4v) is 1.27. The molecule has 0 unspecified atom stereocenters. The lowest BCUT2D eigenvalue weighted by Crippen LogP contribution is -2.04. The van der Waals surface area contributed by atoms with Crippen LogP contribution in [0.4, 0.5) is 0 Å². The van der Waals surface area contributed by atoms with Gasteiger partial charge in [-0.2, -0.15) is 10.1 Å². The highest BCUT2D eigenvalue weighted by Crippen LogP contribution is 2.00. The van der Waals surface area contributed by atoms with Crippen molar-refractivity contribution in [2.24, 2.45) is 0 Å². The van der Waals surface area contributed by atoms with Gasteiger partial charge in [0.05, 0.1) is 0 Å². The molecule has 2 heterocycles. The number of rotatable bonds is 0. The highest BCUT2D eigenvalue weighted by molar-refractivity contribution is 7.14. The van der Waals surface area contributed by atoms with Gasteiger partial charge in [-0.25, -0.2) is 4.52 Å². The van der Waals surface area contributed by atoms with Gasteiger partial charge >= 0.3 is 0 Å². The predicted octanol–water partition coefficient (Wildman–Crippen LogP) is 0.151. The molecule has 0 atom stereocenters. The molecule has 4 nitrogen and oxygen atoms in total. The van der Waals surface area contributed by atoms with Crippen LogP contribution >= 0.6 is 11.3 Å². The van der Waals surface area contributed by atoms with Crippen LogP contribution in [0.25, 0.3) is 4.96 Å². The third-order valence-corrected chi connectivity index (χ3v) is 1.78. The zero-order chi connectivity index (χ0) is 6.97. The third kappa shape index (κ3) is 0.714. The van der Waals surface area contributed by atoms with Crippen molar-refractivity contribution < 1.29 is 0 Å². The van der Waals surface area contributed by atoms with Gasteiger partial charge in [-0.05, 0) is 0 Å². The summed E-state index contributed by atoms with van der Waals surface area (Å²) in [7, 11) is 0. The van der Waals surface area contributed by atoms with Crippen LogP contribution in [-0.2, 0) is 0 Å². The minimum Gasteiger partial charge on any atom is -0.267 e. The molecule has 2 aromatic rings. The molecule has 0 aromatic carbocycles. The van der Waals surface area contributed by atoms with Gasteiger partial charge in [-0.1, -0.05) is 11.3 Å². The molecule has 50 valence electrons. The van der Waals surface area contributed by atoms with Gasteiger partial charge in [0.2, 0.25) is 4.96 Å². The average molecular weight is 153 g/mol. The second kappa shape index (κ2) is 1.88. The van der Waals surface area contributed by atoms with Gasteiger partial charge in [-0.3, -0.25) is 4.79 Å². The summed E-state index contributed by atoms with van der Waals surface area (Å²) >= 11 is 1.34. The van der Waals surface area contributed by atoms with Gasteiger partial charge in [-0.15, -0.1) is 0 Å². The van der Waals surface area contributed by atoms with Crippen LogP contribution in [0.3, 0.4) is 0 Å². The smallest absolute Gasteiger partial charge is 0.267 e. The second-order valence-electron chi connectivity index (χ2n) is 1.73. The Morgan fingerprint density at radius 3 is 3.40 bits per heavy atom. The van der Waals surface area contributed by atoms with Crippen LogP contribution in [-0.4, -0.2) is 14.6 Å². The molecule has 2 rings (SSSR count). The number of aromatic nitrogens is 3. The summed E-state index contributed by atoms with van der Waals surface area (Å²) in [5, 5.41) is 3.89. The summed E-state index contributed by atoms with van der Waals surface area (Å²) in [6, 6.07) is 1.38. The highest BCUT2D eigenvalue weighted by Gasteiger charge is 1.92. The predicted molar refractivity (Wildman–Crippen MR) is 37.1 cm³/mol. The molecule has 0 amide bonds. The molecule has 0 bridgehead atoms. The Kier molecular flexibility index (Phi) is 1.04. The van der Waals surface area contributed by atoms with E-state index in [4.69, 9.17) is 0 Å². The Hall–Kier alpha value is -1.23. The van der Waals surface area contributed by atoms with E-state index < -0.39 is 0 Å². The summed E-state index contributed by atoms with van der Waals surface area (Å²) in [5.74, 6) is 0. The highest BCUT2D eigenvalue weighted by atomic mass is 32.1. The molecule has 0 N–H and O–H groups in total. The van der Waals surface area contributed by atoms with Crippen molar-refractivity contribution in [3.05, 3.63) is 28.1 Å². The lowest BCUT2D eigenvalue weighted by Gasteiger charge is -1.83. The van der Waals surface area contributed by atoms with Crippen LogP contribution in [0.15, 0.2) is 22.6 Å². The molecule has 10 heavy (non-hydrogen) atoms. The normalized spacial score (nSPS) is 10.4. The first-order valence-corrected chi connectivity index (χ1v) is 3.53. The largest absolute Gasteiger partial charge is 0.273 e. The van der Waals surface area contributed by atoms with E-state index in [1.165, 1.54) is 17.4 Å². The Balaban J connectivity index is 2.99. The van der Waals surface area contributed by atoms with Crippen LogP contribution < -0.4 is 5.56 Å². The van der Waals surface area contributed by atoms with Crippen molar-refractivity contribution in [2.75, 3.05) is 0 Å². The third-order valence-electron chi connectivity index (χ3n) is 1.09. The van der Waals surface area contributed by atoms with E-state index in [0.717, 1.165) is 0 Å². The minimum absolute atomic E-state index is 0.218. The topological polar surface area (TPSA) is 47.3 Å². The molecular formula is C5H3N3OS. The molecule has 5 heteroatoms. The molecule has 0 spiro atoms. The molecule has 0 aliphatic rings. The average Bonchev–Trinajstić information content (AvgIpc) is 2.33. The summed E-state index contributed by atoms with van der Waals surface area (Å²) in [4.78, 5) is 15.0. The fraction of sp³-hybridized carbons (Fsp3) is 0. The summed E-state index contributed by atoms with van der Waals surface area (Å²) in [6.07, 6.45) is 1.60. The number of hydrogen-bond donors (Lipinski definition) is 0. The van der Waals surface area contributed by atoms with E-state index in [1.54, 1.807) is 16.2 Å². The van der Waals surface area contributed by atoms with Crippen molar-refractivity contribution >= 4 is 16.3 Å². The van der Waals surface area contributed by atoms with E-state index in [9.17, 15) is 4.79 Å². The molecule has 2 aromatic heterocycles. The lowest BCUT2D eigenvalue weighted by atomic mass is 10.7. The summed E-state index contributed by atoms with van der Waals surface area (Å²) < 4.78 is 1.56. The zero-order valence-electron chi connectivity index (χ0n) is 4.89. The van der Waals surface area contributed by atoms with Crippen molar-refractivity contribution in [1.29, 1.82) is 0 Å². The maximum atomic E-state index is 10.6. The van der Waals surface area contributed by atoms with Crippen molar-refractivity contribution in [1.82, 2.24) is 14.6 Å². The van der Waals surface area contributed by atoms with Gasteiger partial charge in [0, 0.05) is 12.3 Å². The van der Waals surface area contributed by atoms with Crippen molar-refractivity contribution in [3.8, 4) is 0 Å². The maximum absolute atomic E-state index is 10.6. The molecule has 0 aliphatic carbocycles. The van der Waals surface area contributed by atoms with E-state index in [0.29, 0.717) is 4.96 Å². The van der Waals surface area contributed by atoms with Gasteiger partial charge in [0.25, 0.3) is 5.56 Å². The number of nitrogens with zero attached hydrogens (tertiary/aromatic N) is 3. The molecule has 0 fully saturated rings. The van der Waals surface area contributed by atoms with Crippen LogP contribution in [0, 0.1) is 0 Å². The van der Waals surface area contributed by atoms with Crippen molar-refractivity contribution in [2.45, 2.75) is 0 Å². The summed E-state index contributed by atoms with van der Waals surface area (Å²) in [6.45, 7) is 0. The molecular weight excluding hydrogens is 150 g/mol. The first-order chi connectivity index (χ1) is 4.86. The Morgan fingerprint density at radius 1 is 1.60 bits per heavy atom. The molecule has 0 saturated carbocycles. The van der Waals surface area contributed by atoms with Crippen LogP contribution in [0.1, 0.15) is 0 Å². The monoisotopic (exact) mass is 153 g/mol. The van der Waals surface area contributed by atoms with Gasteiger partial charge in [0.15, 0.2) is 0 Å². The fourth-order valence-electron chi connectivity index (χ4n) is 0.671. The Labute approximate surface area is 59.8 Å². The standard InChI is InChI=1S/C5H3N3OS/c9-4-1-2-8-5(7-4)10-3-6-8/h1-3H.